The van der Waals surface area contributed by atoms with Gasteiger partial charge in [0, 0.05) is 31.7 Å². The maximum absolute atomic E-state index is 13.2. The summed E-state index contributed by atoms with van der Waals surface area (Å²) in [5.41, 5.74) is 2.91. The van der Waals surface area contributed by atoms with E-state index in [-0.39, 0.29) is 5.56 Å². The van der Waals surface area contributed by atoms with Crippen LogP contribution in [0.1, 0.15) is 5.56 Å². The van der Waals surface area contributed by atoms with E-state index >= 15 is 0 Å². The van der Waals surface area contributed by atoms with Gasteiger partial charge in [0.05, 0.1) is 24.1 Å². The summed E-state index contributed by atoms with van der Waals surface area (Å²) in [6.45, 7) is 6.85. The van der Waals surface area contributed by atoms with Gasteiger partial charge < -0.3 is 4.74 Å². The lowest BCUT2D eigenvalue weighted by atomic mass is 10.1. The molecule has 0 unspecified atom stereocenters. The Hall–Kier alpha value is -2.50. The summed E-state index contributed by atoms with van der Waals surface area (Å²) in [6.07, 6.45) is 0. The van der Waals surface area contributed by atoms with Crippen LogP contribution in [0.15, 0.2) is 53.3 Å². The molecule has 2 aromatic carbocycles. The zero-order chi connectivity index (χ0) is 17.9. The average Bonchev–Trinajstić information content (AvgIpc) is 2.68. The summed E-state index contributed by atoms with van der Waals surface area (Å²) in [4.78, 5) is 20.3. The number of nitrogens with zero attached hydrogens (tertiary/aromatic N) is 3. The first-order valence-electron chi connectivity index (χ1n) is 9.09. The molecule has 26 heavy (non-hydrogen) atoms. The summed E-state index contributed by atoms with van der Waals surface area (Å²) in [5, 5.41) is 0.672. The number of rotatable bonds is 4. The van der Waals surface area contributed by atoms with E-state index in [0.717, 1.165) is 55.3 Å². The molecule has 0 atom stereocenters. The number of benzene rings is 2. The molecular formula is C21H23N3O2. The quantitative estimate of drug-likeness (QED) is 0.727. The minimum absolute atomic E-state index is 0.0281. The normalized spacial score (nSPS) is 15.4. The Morgan fingerprint density at radius 3 is 2.65 bits per heavy atom. The van der Waals surface area contributed by atoms with E-state index in [4.69, 9.17) is 9.72 Å². The molecule has 3 aromatic rings. The van der Waals surface area contributed by atoms with E-state index < -0.39 is 0 Å². The summed E-state index contributed by atoms with van der Waals surface area (Å²) in [7, 11) is 0. The van der Waals surface area contributed by atoms with Gasteiger partial charge in [0.1, 0.15) is 5.82 Å². The van der Waals surface area contributed by atoms with Gasteiger partial charge in [-0.15, -0.1) is 0 Å². The molecule has 0 radical (unpaired) electrons. The second-order valence-electron chi connectivity index (χ2n) is 6.73. The second-order valence-corrected chi connectivity index (χ2v) is 6.73. The number of aromatic nitrogens is 2. The van der Waals surface area contributed by atoms with Gasteiger partial charge in [-0.2, -0.15) is 0 Å². The minimum atomic E-state index is 0.0281. The van der Waals surface area contributed by atoms with E-state index in [1.54, 1.807) is 0 Å². The highest BCUT2D eigenvalue weighted by Crippen LogP contribution is 2.20. The Morgan fingerprint density at radius 2 is 1.85 bits per heavy atom. The molecule has 4 rings (SSSR count). The third-order valence-electron chi connectivity index (χ3n) is 4.88. The van der Waals surface area contributed by atoms with Crippen molar-refractivity contribution in [1.29, 1.82) is 0 Å². The molecule has 1 aromatic heterocycles. The highest BCUT2D eigenvalue weighted by molar-refractivity contribution is 5.79. The number of hydrogen-bond donors (Lipinski definition) is 0. The summed E-state index contributed by atoms with van der Waals surface area (Å²) >= 11 is 0. The third kappa shape index (κ3) is 3.41. The lowest BCUT2D eigenvalue weighted by molar-refractivity contribution is 0.0363. The van der Waals surface area contributed by atoms with Crippen LogP contribution >= 0.6 is 0 Å². The predicted molar refractivity (Wildman–Crippen MR) is 103 cm³/mol. The van der Waals surface area contributed by atoms with Gasteiger partial charge in [-0.25, -0.2) is 4.98 Å². The van der Waals surface area contributed by atoms with E-state index in [1.807, 2.05) is 41.0 Å². The van der Waals surface area contributed by atoms with Crippen molar-refractivity contribution >= 4 is 10.9 Å². The monoisotopic (exact) mass is 349 g/mol. The molecule has 5 heteroatoms. The molecule has 0 spiro atoms. The third-order valence-corrected chi connectivity index (χ3v) is 4.88. The number of ether oxygens (including phenoxy) is 1. The van der Waals surface area contributed by atoms with Crippen LogP contribution in [-0.2, 0) is 11.3 Å². The molecule has 0 aliphatic carbocycles. The predicted octanol–water partition coefficient (Wildman–Crippen LogP) is 2.70. The van der Waals surface area contributed by atoms with Crippen molar-refractivity contribution in [3.63, 3.8) is 0 Å². The molecular weight excluding hydrogens is 326 g/mol. The Kier molecular flexibility index (Phi) is 4.82. The maximum atomic E-state index is 13.2. The fourth-order valence-electron chi connectivity index (χ4n) is 3.45. The van der Waals surface area contributed by atoms with Gasteiger partial charge >= 0.3 is 0 Å². The summed E-state index contributed by atoms with van der Waals surface area (Å²) in [6, 6.07) is 15.8. The first-order valence-corrected chi connectivity index (χ1v) is 9.09. The number of fused-ring (bicyclic) bond motifs is 1. The molecule has 1 aliphatic rings. The minimum Gasteiger partial charge on any atom is -0.379 e. The first kappa shape index (κ1) is 16.9. The molecule has 1 fully saturated rings. The molecule has 0 bridgehead atoms. The molecule has 1 aliphatic heterocycles. The van der Waals surface area contributed by atoms with E-state index in [1.165, 1.54) is 0 Å². The zero-order valence-corrected chi connectivity index (χ0v) is 15.0. The van der Waals surface area contributed by atoms with Gasteiger partial charge in [-0.1, -0.05) is 35.9 Å². The van der Waals surface area contributed by atoms with E-state index in [2.05, 4.69) is 24.0 Å². The number of para-hydroxylation sites is 1. The zero-order valence-electron chi connectivity index (χ0n) is 15.0. The molecule has 5 nitrogen and oxygen atoms in total. The van der Waals surface area contributed by atoms with Crippen molar-refractivity contribution in [2.75, 3.05) is 32.8 Å². The average molecular weight is 349 g/mol. The van der Waals surface area contributed by atoms with Gasteiger partial charge in [-0.05, 0) is 25.1 Å². The van der Waals surface area contributed by atoms with Crippen LogP contribution in [0.5, 0.6) is 0 Å². The number of hydrogen-bond acceptors (Lipinski definition) is 4. The molecule has 0 amide bonds. The number of morpholine rings is 1. The maximum Gasteiger partial charge on any atom is 0.261 e. The van der Waals surface area contributed by atoms with E-state index in [0.29, 0.717) is 11.9 Å². The molecule has 1 saturated heterocycles. The Labute approximate surface area is 152 Å². The van der Waals surface area contributed by atoms with Crippen LogP contribution in [0.3, 0.4) is 0 Å². The van der Waals surface area contributed by atoms with Crippen molar-refractivity contribution in [1.82, 2.24) is 14.5 Å². The smallest absolute Gasteiger partial charge is 0.261 e. The van der Waals surface area contributed by atoms with Gasteiger partial charge in [0.2, 0.25) is 0 Å². The van der Waals surface area contributed by atoms with Crippen molar-refractivity contribution in [3.05, 3.63) is 64.4 Å². The summed E-state index contributed by atoms with van der Waals surface area (Å²) in [5.74, 6) is 0.741. The molecule has 2 heterocycles. The SMILES string of the molecule is Cc1cccc(-c2nc3ccccc3c(=O)n2CCN2CCOCC2)c1. The lowest BCUT2D eigenvalue weighted by Crippen LogP contribution is -2.39. The molecule has 0 saturated carbocycles. The van der Waals surface area contributed by atoms with Crippen molar-refractivity contribution in [2.45, 2.75) is 13.5 Å². The topological polar surface area (TPSA) is 47.4 Å². The van der Waals surface area contributed by atoms with Crippen LogP contribution in [0.4, 0.5) is 0 Å². The van der Waals surface area contributed by atoms with Crippen LogP contribution in [0.2, 0.25) is 0 Å². The molecule has 0 N–H and O–H groups in total. The Bertz CT molecular complexity index is 974. The van der Waals surface area contributed by atoms with Crippen LogP contribution in [0, 0.1) is 6.92 Å². The van der Waals surface area contributed by atoms with Crippen LogP contribution < -0.4 is 5.56 Å². The summed E-state index contributed by atoms with van der Waals surface area (Å²) < 4.78 is 7.24. The standard InChI is InChI=1S/C21H23N3O2/c1-16-5-4-6-17(15-16)20-22-19-8-3-2-7-18(19)21(25)24(20)10-9-23-11-13-26-14-12-23/h2-8,15H,9-14H2,1H3. The van der Waals surface area contributed by atoms with Crippen molar-refractivity contribution in [2.24, 2.45) is 0 Å². The van der Waals surface area contributed by atoms with Gasteiger partial charge in [0.25, 0.3) is 5.56 Å². The largest absolute Gasteiger partial charge is 0.379 e. The molecule has 134 valence electrons. The Morgan fingerprint density at radius 1 is 1.04 bits per heavy atom. The van der Waals surface area contributed by atoms with Crippen LogP contribution in [-0.4, -0.2) is 47.3 Å². The highest BCUT2D eigenvalue weighted by Gasteiger charge is 2.15. The Balaban J connectivity index is 1.78. The van der Waals surface area contributed by atoms with Crippen LogP contribution in [0.25, 0.3) is 22.3 Å². The van der Waals surface area contributed by atoms with Crippen molar-refractivity contribution < 1.29 is 4.74 Å². The van der Waals surface area contributed by atoms with E-state index in [9.17, 15) is 4.79 Å². The fourth-order valence-corrected chi connectivity index (χ4v) is 3.45. The van der Waals surface area contributed by atoms with Crippen molar-refractivity contribution in [3.8, 4) is 11.4 Å². The fraction of sp³-hybridized carbons (Fsp3) is 0.333. The second kappa shape index (κ2) is 7.40. The highest BCUT2D eigenvalue weighted by atomic mass is 16.5. The van der Waals surface area contributed by atoms with Gasteiger partial charge in [0.15, 0.2) is 0 Å². The first-order chi connectivity index (χ1) is 12.7. The number of aryl methyl sites for hydroxylation is 1. The van der Waals surface area contributed by atoms with Gasteiger partial charge in [-0.3, -0.25) is 14.3 Å². The lowest BCUT2D eigenvalue weighted by Gasteiger charge is -2.27.